The van der Waals surface area contributed by atoms with Gasteiger partial charge < -0.3 is 25.0 Å². The van der Waals surface area contributed by atoms with Crippen molar-refractivity contribution in [3.8, 4) is 0 Å². The molecule has 2 N–H and O–H groups in total. The number of alkyl halides is 1. The lowest BCUT2D eigenvalue weighted by atomic mass is 9.99. The van der Waals surface area contributed by atoms with Gasteiger partial charge in [-0.15, -0.1) is 0 Å². The van der Waals surface area contributed by atoms with Crippen LogP contribution in [-0.2, 0) is 4.74 Å². The number of pyridine rings is 2. The number of halogens is 1. The highest BCUT2D eigenvalue weighted by Crippen LogP contribution is 2.37. The van der Waals surface area contributed by atoms with Gasteiger partial charge in [0.25, 0.3) is 0 Å². The van der Waals surface area contributed by atoms with Crippen molar-refractivity contribution in [2.45, 2.75) is 44.5 Å². The van der Waals surface area contributed by atoms with Gasteiger partial charge in [0, 0.05) is 55.1 Å². The predicted octanol–water partition coefficient (Wildman–Crippen LogP) is 3.43. The lowest BCUT2D eigenvalue weighted by molar-refractivity contribution is 0.0612. The number of aliphatic hydroxyl groups is 1. The summed E-state index contributed by atoms with van der Waals surface area (Å²) < 4.78 is 19.5. The molecule has 0 saturated carbocycles. The normalized spacial score (nSPS) is 24.2. The monoisotopic (exact) mass is 477 g/mol. The Labute approximate surface area is 202 Å². The molecule has 9 nitrogen and oxygen atoms in total. The molecule has 0 amide bonds. The summed E-state index contributed by atoms with van der Waals surface area (Å²) in [6.07, 6.45) is 7.38. The molecule has 3 aliphatic rings. The third-order valence-corrected chi connectivity index (χ3v) is 7.09. The molecular formula is C25H28FN7O2. The molecule has 2 saturated heterocycles. The Kier molecular flexibility index (Phi) is 5.60. The number of nitrogens with zero attached hydrogens (tertiary/aromatic N) is 6. The highest BCUT2D eigenvalue weighted by molar-refractivity contribution is 6.00. The third kappa shape index (κ3) is 4.12. The summed E-state index contributed by atoms with van der Waals surface area (Å²) in [7, 11) is 0. The summed E-state index contributed by atoms with van der Waals surface area (Å²) in [4.78, 5) is 22.4. The topological polar surface area (TPSA) is 99.5 Å². The smallest absolute Gasteiger partial charge is 0.227 e. The maximum Gasteiger partial charge on any atom is 0.227 e. The second-order valence-corrected chi connectivity index (χ2v) is 9.39. The summed E-state index contributed by atoms with van der Waals surface area (Å²) in [5.74, 6) is 2.60. The SMILES string of the molecule is C[C@@H]1CCN1c1ncc(C2=COCC2)c2cc(Nc3ccnc(N4CC[C@@H](O)[C@@H](F)C4)n3)ncc12. The van der Waals surface area contributed by atoms with Crippen molar-refractivity contribution in [2.75, 3.05) is 41.4 Å². The van der Waals surface area contributed by atoms with Gasteiger partial charge in [-0.2, -0.15) is 4.98 Å². The Balaban J connectivity index is 1.33. The van der Waals surface area contributed by atoms with Gasteiger partial charge in [-0.3, -0.25) is 0 Å². The molecule has 3 aromatic rings. The Morgan fingerprint density at radius 3 is 2.77 bits per heavy atom. The van der Waals surface area contributed by atoms with Crippen molar-refractivity contribution in [3.05, 3.63) is 42.5 Å². The molecule has 0 radical (unpaired) electrons. The fraction of sp³-hybridized carbons (Fsp3) is 0.440. The number of ether oxygens (including phenoxy) is 1. The zero-order chi connectivity index (χ0) is 23.9. The highest BCUT2D eigenvalue weighted by atomic mass is 19.1. The van der Waals surface area contributed by atoms with Crippen LogP contribution in [0.3, 0.4) is 0 Å². The largest absolute Gasteiger partial charge is 0.501 e. The first-order chi connectivity index (χ1) is 17.1. The molecule has 2 fully saturated rings. The zero-order valence-corrected chi connectivity index (χ0v) is 19.6. The van der Waals surface area contributed by atoms with Crippen molar-refractivity contribution in [1.29, 1.82) is 0 Å². The van der Waals surface area contributed by atoms with E-state index in [4.69, 9.17) is 9.72 Å². The number of fused-ring (bicyclic) bond motifs is 1. The van der Waals surface area contributed by atoms with Crippen LogP contribution in [0.2, 0.25) is 0 Å². The number of hydrogen-bond donors (Lipinski definition) is 2. The zero-order valence-electron chi connectivity index (χ0n) is 19.6. The van der Waals surface area contributed by atoms with E-state index < -0.39 is 12.3 Å². The van der Waals surface area contributed by atoms with Crippen LogP contribution in [0, 0.1) is 0 Å². The van der Waals surface area contributed by atoms with Gasteiger partial charge in [0.2, 0.25) is 5.95 Å². The van der Waals surface area contributed by atoms with E-state index in [1.807, 2.05) is 24.7 Å². The highest BCUT2D eigenvalue weighted by Gasteiger charge is 2.29. The first-order valence-electron chi connectivity index (χ1n) is 12.1. The van der Waals surface area contributed by atoms with Gasteiger partial charge in [0.1, 0.15) is 23.6 Å². The lowest BCUT2D eigenvalue weighted by Crippen LogP contribution is -2.46. The van der Waals surface area contributed by atoms with Crippen molar-refractivity contribution in [3.63, 3.8) is 0 Å². The molecule has 0 aromatic carbocycles. The minimum Gasteiger partial charge on any atom is -0.501 e. The maximum absolute atomic E-state index is 14.0. The molecular weight excluding hydrogens is 449 g/mol. The predicted molar refractivity (Wildman–Crippen MR) is 133 cm³/mol. The number of hydrogen-bond acceptors (Lipinski definition) is 9. The molecule has 0 aliphatic carbocycles. The molecule has 182 valence electrons. The number of anilines is 4. The van der Waals surface area contributed by atoms with Crippen LogP contribution in [0.5, 0.6) is 0 Å². The average Bonchev–Trinajstić information content (AvgIpc) is 3.40. The van der Waals surface area contributed by atoms with Crippen molar-refractivity contribution in [2.24, 2.45) is 0 Å². The molecule has 3 aliphatic heterocycles. The number of aliphatic hydroxyl groups excluding tert-OH is 1. The quantitative estimate of drug-likeness (QED) is 0.572. The van der Waals surface area contributed by atoms with Gasteiger partial charge in [-0.1, -0.05) is 0 Å². The Hall–Kier alpha value is -3.53. The Bertz CT molecular complexity index is 1290. The Morgan fingerprint density at radius 1 is 1.11 bits per heavy atom. The first kappa shape index (κ1) is 22.0. The van der Waals surface area contributed by atoms with Gasteiger partial charge in [-0.05, 0) is 42.9 Å². The van der Waals surface area contributed by atoms with Crippen molar-refractivity contribution >= 4 is 39.7 Å². The fourth-order valence-electron chi connectivity index (χ4n) is 4.87. The lowest BCUT2D eigenvalue weighted by Gasteiger charge is -2.40. The van der Waals surface area contributed by atoms with Crippen LogP contribution < -0.4 is 15.1 Å². The van der Waals surface area contributed by atoms with Crippen molar-refractivity contribution in [1.82, 2.24) is 19.9 Å². The summed E-state index contributed by atoms with van der Waals surface area (Å²) in [6.45, 7) is 4.46. The van der Waals surface area contributed by atoms with Crippen LogP contribution in [0.1, 0.15) is 31.7 Å². The summed E-state index contributed by atoms with van der Waals surface area (Å²) in [6, 6.07) is 4.24. The number of nitrogens with one attached hydrogen (secondary N) is 1. The fourth-order valence-corrected chi connectivity index (χ4v) is 4.87. The molecule has 3 atom stereocenters. The van der Waals surface area contributed by atoms with E-state index in [-0.39, 0.29) is 6.54 Å². The third-order valence-electron chi connectivity index (χ3n) is 7.09. The van der Waals surface area contributed by atoms with Crippen molar-refractivity contribution < 1.29 is 14.2 Å². The molecule has 35 heavy (non-hydrogen) atoms. The van der Waals surface area contributed by atoms with Crippen LogP contribution in [0.4, 0.5) is 27.8 Å². The maximum atomic E-state index is 14.0. The molecule has 6 rings (SSSR count). The van der Waals surface area contributed by atoms with E-state index in [0.29, 0.717) is 43.2 Å². The van der Waals surface area contributed by atoms with E-state index in [9.17, 15) is 9.50 Å². The Morgan fingerprint density at radius 2 is 2.03 bits per heavy atom. The van der Waals surface area contributed by atoms with E-state index >= 15 is 0 Å². The minimum atomic E-state index is -1.31. The molecule has 0 bridgehead atoms. The van der Waals surface area contributed by atoms with Gasteiger partial charge in [0.15, 0.2) is 0 Å². The minimum absolute atomic E-state index is 0.0735. The first-order valence-corrected chi connectivity index (χ1v) is 12.1. The van der Waals surface area contributed by atoms with Gasteiger partial charge in [0.05, 0.1) is 25.5 Å². The van der Waals surface area contributed by atoms with E-state index in [1.54, 1.807) is 17.2 Å². The number of rotatable bonds is 5. The van der Waals surface area contributed by atoms with Crippen LogP contribution >= 0.6 is 0 Å². The number of piperidine rings is 1. The number of aromatic nitrogens is 4. The second-order valence-electron chi connectivity index (χ2n) is 9.39. The summed E-state index contributed by atoms with van der Waals surface area (Å²) >= 11 is 0. The van der Waals surface area contributed by atoms with E-state index in [2.05, 4.69) is 32.1 Å². The molecule has 10 heteroatoms. The summed E-state index contributed by atoms with van der Waals surface area (Å²) in [5, 5.41) is 15.0. The molecule has 3 aromatic heterocycles. The molecule has 0 spiro atoms. The van der Waals surface area contributed by atoms with Crippen LogP contribution in [0.15, 0.2) is 37.0 Å². The molecule has 6 heterocycles. The standard InChI is InChI=1S/C25H28FN7O2/c1-15-3-8-33(15)24-19-12-28-23(10-17(19)18(11-29-24)16-5-9-35-14-16)30-22-2-6-27-25(31-22)32-7-4-21(34)20(26)13-32/h2,6,10-12,14-15,20-21,34H,3-5,7-9,13H2,1H3,(H,27,28,30,31)/t15-,20+,21-/m1/s1. The molecule has 0 unspecified atom stereocenters. The van der Waals surface area contributed by atoms with Gasteiger partial charge in [-0.25, -0.2) is 19.3 Å². The van der Waals surface area contributed by atoms with Crippen LogP contribution in [0.25, 0.3) is 16.3 Å². The van der Waals surface area contributed by atoms with Gasteiger partial charge >= 0.3 is 0 Å². The van der Waals surface area contributed by atoms with E-state index in [0.717, 1.165) is 47.1 Å². The van der Waals surface area contributed by atoms with E-state index in [1.165, 1.54) is 0 Å². The summed E-state index contributed by atoms with van der Waals surface area (Å²) in [5.41, 5.74) is 2.17. The van der Waals surface area contributed by atoms with Crippen LogP contribution in [-0.4, -0.2) is 69.6 Å². The average molecular weight is 478 g/mol. The second kappa shape index (κ2) is 8.92.